The molecule has 1 heteroatoms. The molecule has 0 saturated carbocycles. The molecule has 0 aliphatic heterocycles. The fraction of sp³-hybridized carbons (Fsp3) is 0.286. The SMILES string of the molecule is CC/C=C\c1[nH]c2c(C)cccc2c1C. The van der Waals surface area contributed by atoms with Crippen molar-refractivity contribution in [1.29, 1.82) is 0 Å². The number of allylic oxidation sites excluding steroid dienone is 1. The lowest BCUT2D eigenvalue weighted by molar-refractivity contribution is 1.23. The Kier molecular flexibility index (Phi) is 2.63. The fourth-order valence-electron chi connectivity index (χ4n) is 1.92. The van der Waals surface area contributed by atoms with E-state index in [2.05, 4.69) is 56.1 Å². The molecule has 0 spiro atoms. The van der Waals surface area contributed by atoms with E-state index in [1.165, 1.54) is 27.7 Å². The Labute approximate surface area is 90.8 Å². The molecular formula is C14H17N. The molecule has 0 fully saturated rings. The zero-order valence-electron chi connectivity index (χ0n) is 9.59. The normalized spacial score (nSPS) is 11.7. The zero-order chi connectivity index (χ0) is 10.8. The number of aromatic amines is 1. The van der Waals surface area contributed by atoms with E-state index in [9.17, 15) is 0 Å². The van der Waals surface area contributed by atoms with Crippen LogP contribution in [-0.4, -0.2) is 4.98 Å². The van der Waals surface area contributed by atoms with Crippen molar-refractivity contribution in [2.45, 2.75) is 27.2 Å². The maximum absolute atomic E-state index is 3.48. The van der Waals surface area contributed by atoms with Crippen molar-refractivity contribution in [1.82, 2.24) is 4.98 Å². The smallest absolute Gasteiger partial charge is 0.0491 e. The van der Waals surface area contributed by atoms with Crippen LogP contribution in [0.4, 0.5) is 0 Å². The molecule has 0 radical (unpaired) electrons. The summed E-state index contributed by atoms with van der Waals surface area (Å²) < 4.78 is 0. The van der Waals surface area contributed by atoms with Gasteiger partial charge in [0, 0.05) is 16.6 Å². The van der Waals surface area contributed by atoms with Crippen LogP contribution in [0.2, 0.25) is 0 Å². The number of fused-ring (bicyclic) bond motifs is 1. The van der Waals surface area contributed by atoms with Crippen LogP contribution in [0.3, 0.4) is 0 Å². The third kappa shape index (κ3) is 1.70. The van der Waals surface area contributed by atoms with Gasteiger partial charge >= 0.3 is 0 Å². The molecule has 1 aromatic carbocycles. The maximum atomic E-state index is 3.48. The monoisotopic (exact) mass is 199 g/mol. The van der Waals surface area contributed by atoms with Crippen molar-refractivity contribution in [3.8, 4) is 0 Å². The summed E-state index contributed by atoms with van der Waals surface area (Å²) in [6.07, 6.45) is 5.44. The predicted octanol–water partition coefficient (Wildman–Crippen LogP) is 4.21. The Bertz CT molecular complexity index is 503. The number of H-pyrrole nitrogens is 1. The zero-order valence-corrected chi connectivity index (χ0v) is 9.59. The summed E-state index contributed by atoms with van der Waals surface area (Å²) >= 11 is 0. The summed E-state index contributed by atoms with van der Waals surface area (Å²) in [6.45, 7) is 6.47. The Morgan fingerprint density at radius 2 is 2.07 bits per heavy atom. The molecule has 15 heavy (non-hydrogen) atoms. The van der Waals surface area contributed by atoms with Crippen LogP contribution in [-0.2, 0) is 0 Å². The van der Waals surface area contributed by atoms with Crippen molar-refractivity contribution < 1.29 is 0 Å². The molecule has 0 atom stereocenters. The highest BCUT2D eigenvalue weighted by molar-refractivity contribution is 5.89. The summed E-state index contributed by atoms with van der Waals surface area (Å²) in [5.41, 5.74) is 5.16. The van der Waals surface area contributed by atoms with E-state index in [-0.39, 0.29) is 0 Å². The lowest BCUT2D eigenvalue weighted by atomic mass is 10.1. The molecule has 0 saturated heterocycles. The minimum atomic E-state index is 1.08. The van der Waals surface area contributed by atoms with Gasteiger partial charge in [-0.25, -0.2) is 0 Å². The highest BCUT2D eigenvalue weighted by Crippen LogP contribution is 2.24. The number of benzene rings is 1. The van der Waals surface area contributed by atoms with E-state index in [0.29, 0.717) is 0 Å². The number of hydrogen-bond acceptors (Lipinski definition) is 0. The Balaban J connectivity index is 2.64. The van der Waals surface area contributed by atoms with E-state index < -0.39 is 0 Å². The molecule has 1 N–H and O–H groups in total. The van der Waals surface area contributed by atoms with Crippen LogP contribution in [0.15, 0.2) is 24.3 Å². The summed E-state index contributed by atoms with van der Waals surface area (Å²) in [5, 5.41) is 1.34. The quantitative estimate of drug-likeness (QED) is 0.745. The van der Waals surface area contributed by atoms with E-state index in [0.717, 1.165) is 6.42 Å². The number of aryl methyl sites for hydroxylation is 2. The first-order valence-corrected chi connectivity index (χ1v) is 5.48. The van der Waals surface area contributed by atoms with Gasteiger partial charge < -0.3 is 4.98 Å². The van der Waals surface area contributed by atoms with E-state index >= 15 is 0 Å². The molecule has 78 valence electrons. The van der Waals surface area contributed by atoms with Gasteiger partial charge in [0.15, 0.2) is 0 Å². The van der Waals surface area contributed by atoms with Gasteiger partial charge in [0.25, 0.3) is 0 Å². The number of para-hydroxylation sites is 1. The van der Waals surface area contributed by atoms with Gasteiger partial charge in [-0.05, 0) is 37.5 Å². The van der Waals surface area contributed by atoms with Gasteiger partial charge in [-0.2, -0.15) is 0 Å². The molecule has 0 aliphatic carbocycles. The molecule has 1 nitrogen and oxygen atoms in total. The van der Waals surface area contributed by atoms with Gasteiger partial charge in [0.2, 0.25) is 0 Å². The van der Waals surface area contributed by atoms with Gasteiger partial charge in [-0.3, -0.25) is 0 Å². The number of rotatable bonds is 2. The van der Waals surface area contributed by atoms with E-state index in [1.54, 1.807) is 0 Å². The van der Waals surface area contributed by atoms with E-state index in [1.807, 2.05) is 0 Å². The second-order valence-corrected chi connectivity index (χ2v) is 3.97. The number of nitrogens with one attached hydrogen (secondary N) is 1. The van der Waals surface area contributed by atoms with Crippen molar-refractivity contribution in [3.63, 3.8) is 0 Å². The third-order valence-electron chi connectivity index (χ3n) is 2.86. The van der Waals surface area contributed by atoms with E-state index in [4.69, 9.17) is 0 Å². The first-order chi connectivity index (χ1) is 7.24. The van der Waals surface area contributed by atoms with Crippen molar-refractivity contribution in [2.75, 3.05) is 0 Å². The molecule has 0 unspecified atom stereocenters. The van der Waals surface area contributed by atoms with Crippen LogP contribution in [0.25, 0.3) is 17.0 Å². The van der Waals surface area contributed by atoms with Crippen LogP contribution in [0.1, 0.15) is 30.2 Å². The standard InChI is InChI=1S/C14H17N/c1-4-5-9-13-11(3)12-8-6-7-10(2)14(12)15-13/h5-9,15H,4H2,1-3H3/b9-5-. The van der Waals surface area contributed by atoms with Crippen LogP contribution in [0.5, 0.6) is 0 Å². The lowest BCUT2D eigenvalue weighted by Crippen LogP contribution is -1.74. The Hall–Kier alpha value is -1.50. The van der Waals surface area contributed by atoms with Crippen LogP contribution < -0.4 is 0 Å². The summed E-state index contributed by atoms with van der Waals surface area (Å²) in [4.78, 5) is 3.48. The van der Waals surface area contributed by atoms with Crippen molar-refractivity contribution >= 4 is 17.0 Å². The lowest BCUT2D eigenvalue weighted by Gasteiger charge is -1.94. The summed E-state index contributed by atoms with van der Waals surface area (Å²) in [6, 6.07) is 6.44. The minimum absolute atomic E-state index is 1.08. The molecule has 2 rings (SSSR count). The second-order valence-electron chi connectivity index (χ2n) is 3.97. The van der Waals surface area contributed by atoms with Gasteiger partial charge in [-0.15, -0.1) is 0 Å². The second kappa shape index (κ2) is 3.93. The molecule has 1 aromatic heterocycles. The van der Waals surface area contributed by atoms with Gasteiger partial charge in [-0.1, -0.05) is 31.2 Å². The molecule has 2 aromatic rings. The topological polar surface area (TPSA) is 15.8 Å². The van der Waals surface area contributed by atoms with Crippen molar-refractivity contribution in [2.24, 2.45) is 0 Å². The molecular weight excluding hydrogens is 182 g/mol. The molecule has 0 bridgehead atoms. The van der Waals surface area contributed by atoms with Gasteiger partial charge in [0.05, 0.1) is 0 Å². The highest BCUT2D eigenvalue weighted by Gasteiger charge is 2.05. The predicted molar refractivity (Wildman–Crippen MR) is 67.1 cm³/mol. The Morgan fingerprint density at radius 1 is 1.27 bits per heavy atom. The van der Waals surface area contributed by atoms with Crippen LogP contribution >= 0.6 is 0 Å². The summed E-state index contributed by atoms with van der Waals surface area (Å²) in [5.74, 6) is 0. The average molecular weight is 199 g/mol. The van der Waals surface area contributed by atoms with Crippen molar-refractivity contribution in [3.05, 3.63) is 41.1 Å². The highest BCUT2D eigenvalue weighted by atomic mass is 14.7. The molecule has 0 aliphatic rings. The average Bonchev–Trinajstić information content (AvgIpc) is 2.55. The van der Waals surface area contributed by atoms with Crippen LogP contribution in [0, 0.1) is 13.8 Å². The largest absolute Gasteiger partial charge is 0.355 e. The maximum Gasteiger partial charge on any atom is 0.0491 e. The first-order valence-electron chi connectivity index (χ1n) is 5.48. The molecule has 0 amide bonds. The number of aromatic nitrogens is 1. The third-order valence-corrected chi connectivity index (χ3v) is 2.86. The molecule has 1 heterocycles. The Morgan fingerprint density at radius 3 is 2.73 bits per heavy atom. The van der Waals surface area contributed by atoms with Gasteiger partial charge in [0.1, 0.15) is 0 Å². The first kappa shape index (κ1) is 10.0. The minimum Gasteiger partial charge on any atom is -0.355 e. The number of hydrogen-bond donors (Lipinski definition) is 1. The fourth-order valence-corrected chi connectivity index (χ4v) is 1.92. The summed E-state index contributed by atoms with van der Waals surface area (Å²) in [7, 11) is 0.